The summed E-state index contributed by atoms with van der Waals surface area (Å²) in [7, 11) is 0. The highest BCUT2D eigenvalue weighted by atomic mass is 15.2. The largest absolute Gasteiger partial charge is 0.370 e. The number of aromatic nitrogens is 1. The second-order valence-electron chi connectivity index (χ2n) is 6.06. The van der Waals surface area contributed by atoms with Crippen molar-refractivity contribution < 1.29 is 0 Å². The van der Waals surface area contributed by atoms with Gasteiger partial charge in [-0.3, -0.25) is 4.90 Å². The van der Waals surface area contributed by atoms with Gasteiger partial charge < -0.3 is 5.32 Å². The Bertz CT molecular complexity index is 387. The molecule has 0 atom stereocenters. The van der Waals surface area contributed by atoms with Crippen LogP contribution < -0.4 is 5.32 Å². The van der Waals surface area contributed by atoms with Crippen molar-refractivity contribution in [3.05, 3.63) is 23.9 Å². The highest BCUT2D eigenvalue weighted by molar-refractivity contribution is 5.43. The maximum absolute atomic E-state index is 4.46. The smallest absolute Gasteiger partial charge is 0.130 e. The van der Waals surface area contributed by atoms with E-state index in [-0.39, 0.29) is 0 Å². The zero-order valence-corrected chi connectivity index (χ0v) is 11.9. The number of anilines is 1. The van der Waals surface area contributed by atoms with Crippen molar-refractivity contribution in [1.29, 1.82) is 0 Å². The Morgan fingerprint density at radius 1 is 1.44 bits per heavy atom. The van der Waals surface area contributed by atoms with Crippen LogP contribution in [0.15, 0.2) is 18.3 Å². The molecule has 1 aliphatic heterocycles. The molecule has 1 aliphatic rings. The third-order valence-electron chi connectivity index (χ3n) is 3.58. The van der Waals surface area contributed by atoms with Crippen molar-refractivity contribution >= 4 is 5.82 Å². The molecule has 0 saturated carbocycles. The van der Waals surface area contributed by atoms with E-state index >= 15 is 0 Å². The van der Waals surface area contributed by atoms with E-state index in [1.54, 1.807) is 0 Å². The Morgan fingerprint density at radius 3 is 2.94 bits per heavy atom. The molecule has 0 aliphatic carbocycles. The predicted molar refractivity (Wildman–Crippen MR) is 76.7 cm³/mol. The van der Waals surface area contributed by atoms with E-state index in [1.165, 1.54) is 25.1 Å². The van der Waals surface area contributed by atoms with E-state index in [0.29, 0.717) is 5.41 Å². The average molecular weight is 247 g/mol. The van der Waals surface area contributed by atoms with Gasteiger partial charge in [-0.2, -0.15) is 0 Å². The van der Waals surface area contributed by atoms with Gasteiger partial charge in [0.1, 0.15) is 5.82 Å². The lowest BCUT2D eigenvalue weighted by Gasteiger charge is -2.20. The fraction of sp³-hybridized carbons (Fsp3) is 0.667. The van der Waals surface area contributed by atoms with Crippen LogP contribution in [-0.4, -0.2) is 29.5 Å². The molecule has 100 valence electrons. The molecular formula is C15H25N3. The predicted octanol–water partition coefficient (Wildman–Crippen LogP) is 3.14. The molecule has 2 heterocycles. The summed E-state index contributed by atoms with van der Waals surface area (Å²) in [4.78, 5) is 6.99. The maximum Gasteiger partial charge on any atom is 0.130 e. The lowest BCUT2D eigenvalue weighted by atomic mass is 9.93. The third-order valence-corrected chi connectivity index (χ3v) is 3.58. The lowest BCUT2D eigenvalue weighted by molar-refractivity contribution is 0.284. The minimum Gasteiger partial charge on any atom is -0.370 e. The second-order valence-corrected chi connectivity index (χ2v) is 6.06. The van der Waals surface area contributed by atoms with Crippen LogP contribution in [0.4, 0.5) is 5.82 Å². The summed E-state index contributed by atoms with van der Waals surface area (Å²) in [5.41, 5.74) is 1.79. The Labute approximate surface area is 111 Å². The molecule has 1 aromatic rings. The van der Waals surface area contributed by atoms with E-state index in [0.717, 1.165) is 25.3 Å². The summed E-state index contributed by atoms with van der Waals surface area (Å²) in [5.74, 6) is 1.06. The number of likely N-dealkylation sites (tertiary alicyclic amines) is 1. The third kappa shape index (κ3) is 3.45. The standard InChI is InChI=1S/C15H25N3/c1-4-8-16-14-13(6-5-9-17-14)11-18-10-7-15(2,3)12-18/h5-6,9H,4,7-8,10-12H2,1-3H3,(H,16,17). The first-order valence-electron chi connectivity index (χ1n) is 7.01. The van der Waals surface area contributed by atoms with Crippen molar-refractivity contribution in [3.63, 3.8) is 0 Å². The van der Waals surface area contributed by atoms with E-state index in [9.17, 15) is 0 Å². The van der Waals surface area contributed by atoms with Gasteiger partial charge in [0.15, 0.2) is 0 Å². The van der Waals surface area contributed by atoms with Crippen LogP contribution in [0.3, 0.4) is 0 Å². The van der Waals surface area contributed by atoms with Crippen LogP contribution in [0.2, 0.25) is 0 Å². The number of nitrogens with zero attached hydrogens (tertiary/aromatic N) is 2. The van der Waals surface area contributed by atoms with Gasteiger partial charge in [0, 0.05) is 31.4 Å². The molecule has 3 heteroatoms. The molecule has 1 N–H and O–H groups in total. The van der Waals surface area contributed by atoms with Gasteiger partial charge in [-0.15, -0.1) is 0 Å². The van der Waals surface area contributed by atoms with Gasteiger partial charge in [-0.25, -0.2) is 4.98 Å². The van der Waals surface area contributed by atoms with Crippen LogP contribution in [0, 0.1) is 5.41 Å². The first-order chi connectivity index (χ1) is 8.61. The molecule has 3 nitrogen and oxygen atoms in total. The zero-order chi connectivity index (χ0) is 13.0. The Hall–Kier alpha value is -1.09. The van der Waals surface area contributed by atoms with E-state index in [2.05, 4.69) is 42.0 Å². The van der Waals surface area contributed by atoms with Gasteiger partial charge in [-0.05, 0) is 30.9 Å². The molecule has 0 bridgehead atoms. The summed E-state index contributed by atoms with van der Waals surface area (Å²) in [6, 6.07) is 4.23. The van der Waals surface area contributed by atoms with E-state index in [1.807, 2.05) is 12.3 Å². The summed E-state index contributed by atoms with van der Waals surface area (Å²) >= 11 is 0. The molecule has 1 aromatic heterocycles. The molecule has 0 aromatic carbocycles. The van der Waals surface area contributed by atoms with Gasteiger partial charge in [0.05, 0.1) is 0 Å². The molecule has 0 amide bonds. The number of rotatable bonds is 5. The van der Waals surface area contributed by atoms with Gasteiger partial charge in [0.25, 0.3) is 0 Å². The summed E-state index contributed by atoms with van der Waals surface area (Å²) < 4.78 is 0. The second kappa shape index (κ2) is 5.70. The van der Waals surface area contributed by atoms with Crippen LogP contribution in [0.25, 0.3) is 0 Å². The number of pyridine rings is 1. The Morgan fingerprint density at radius 2 is 2.28 bits per heavy atom. The molecule has 18 heavy (non-hydrogen) atoms. The monoisotopic (exact) mass is 247 g/mol. The van der Waals surface area contributed by atoms with E-state index in [4.69, 9.17) is 0 Å². The summed E-state index contributed by atoms with van der Waals surface area (Å²) in [6.07, 6.45) is 4.30. The van der Waals surface area contributed by atoms with Gasteiger partial charge >= 0.3 is 0 Å². The summed E-state index contributed by atoms with van der Waals surface area (Å²) in [6.45, 7) is 11.3. The fourth-order valence-electron chi connectivity index (χ4n) is 2.57. The van der Waals surface area contributed by atoms with Crippen molar-refractivity contribution in [2.24, 2.45) is 5.41 Å². The lowest BCUT2D eigenvalue weighted by Crippen LogP contribution is -2.23. The number of hydrogen-bond acceptors (Lipinski definition) is 3. The minimum absolute atomic E-state index is 0.471. The van der Waals surface area contributed by atoms with Gasteiger partial charge in [0.2, 0.25) is 0 Å². The van der Waals surface area contributed by atoms with E-state index < -0.39 is 0 Å². The van der Waals surface area contributed by atoms with Gasteiger partial charge in [-0.1, -0.05) is 26.8 Å². The van der Waals surface area contributed by atoms with Crippen molar-refractivity contribution in [1.82, 2.24) is 9.88 Å². The minimum atomic E-state index is 0.471. The number of nitrogens with one attached hydrogen (secondary N) is 1. The van der Waals surface area contributed by atoms with Crippen molar-refractivity contribution in [3.8, 4) is 0 Å². The number of hydrogen-bond donors (Lipinski definition) is 1. The Kier molecular flexibility index (Phi) is 4.23. The molecule has 0 spiro atoms. The molecule has 1 saturated heterocycles. The maximum atomic E-state index is 4.46. The molecular weight excluding hydrogens is 222 g/mol. The molecule has 0 unspecified atom stereocenters. The van der Waals surface area contributed by atoms with Crippen LogP contribution in [0.5, 0.6) is 0 Å². The summed E-state index contributed by atoms with van der Waals surface area (Å²) in [5, 5.41) is 3.42. The Balaban J connectivity index is 2.00. The van der Waals surface area contributed by atoms with Crippen LogP contribution in [0.1, 0.15) is 39.2 Å². The van der Waals surface area contributed by atoms with Crippen LogP contribution >= 0.6 is 0 Å². The van der Waals surface area contributed by atoms with Crippen molar-refractivity contribution in [2.45, 2.75) is 40.2 Å². The highest BCUT2D eigenvalue weighted by Gasteiger charge is 2.29. The quantitative estimate of drug-likeness (QED) is 0.866. The molecule has 1 fully saturated rings. The first kappa shape index (κ1) is 13.3. The average Bonchev–Trinajstić information content (AvgIpc) is 2.68. The zero-order valence-electron chi connectivity index (χ0n) is 11.9. The topological polar surface area (TPSA) is 28.2 Å². The SMILES string of the molecule is CCCNc1ncccc1CN1CCC(C)(C)C1. The highest BCUT2D eigenvalue weighted by Crippen LogP contribution is 2.30. The normalized spacial score (nSPS) is 19.1. The fourth-order valence-corrected chi connectivity index (χ4v) is 2.57. The van der Waals surface area contributed by atoms with Crippen LogP contribution in [-0.2, 0) is 6.54 Å². The molecule has 0 radical (unpaired) electrons. The molecule has 2 rings (SSSR count). The first-order valence-corrected chi connectivity index (χ1v) is 7.01. The van der Waals surface area contributed by atoms with Crippen molar-refractivity contribution in [2.75, 3.05) is 25.0 Å².